The molecule has 2 rings (SSSR count). The normalized spacial score (nSPS) is 9.93. The van der Waals surface area contributed by atoms with E-state index in [2.05, 4.69) is 9.97 Å². The average molecular weight is 248 g/mol. The van der Waals surface area contributed by atoms with E-state index in [-0.39, 0.29) is 24.0 Å². The van der Waals surface area contributed by atoms with Crippen molar-refractivity contribution in [2.75, 3.05) is 0 Å². The zero-order valence-electron chi connectivity index (χ0n) is 7.44. The summed E-state index contributed by atoms with van der Waals surface area (Å²) in [4.78, 5) is 17.1. The third-order valence-corrected chi connectivity index (χ3v) is 2.12. The average Bonchev–Trinajstić information content (AvgIpc) is 2.59. The van der Waals surface area contributed by atoms with E-state index in [9.17, 15) is 10.1 Å². The Morgan fingerprint density at radius 1 is 1.53 bits per heavy atom. The fraction of sp³-hybridized carbons (Fsp3) is 0.125. The Hall–Kier alpha value is -1.33. The molecule has 1 heterocycles. The quantitative estimate of drug-likeness (QED) is 0.504. The SMILES string of the molecule is Cl.O=[N+]([O-])c1cccc2[nH]c(CCl)nc12. The number of benzene rings is 1. The molecule has 0 bridgehead atoms. The molecule has 80 valence electrons. The third-order valence-electron chi connectivity index (χ3n) is 1.86. The summed E-state index contributed by atoms with van der Waals surface area (Å²) in [5, 5.41) is 10.6. The van der Waals surface area contributed by atoms with Crippen LogP contribution in [0, 0.1) is 10.1 Å². The smallest absolute Gasteiger partial charge is 0.297 e. The Bertz CT molecular complexity index is 498. The number of fused-ring (bicyclic) bond motifs is 1. The van der Waals surface area contributed by atoms with E-state index in [1.165, 1.54) is 6.07 Å². The molecule has 0 radical (unpaired) electrons. The molecule has 0 unspecified atom stereocenters. The van der Waals surface area contributed by atoms with Crippen molar-refractivity contribution < 1.29 is 4.92 Å². The number of alkyl halides is 1. The first-order chi connectivity index (χ1) is 6.72. The number of imidazole rings is 1. The standard InChI is InChI=1S/C8H6ClN3O2.ClH/c9-4-7-10-5-2-1-3-6(12(13)14)8(5)11-7;/h1-3H,4H2,(H,10,11);1H. The van der Waals surface area contributed by atoms with Crippen molar-refractivity contribution in [3.63, 3.8) is 0 Å². The molecule has 1 aromatic heterocycles. The third kappa shape index (κ3) is 2.03. The molecule has 0 saturated carbocycles. The molecule has 0 aliphatic carbocycles. The van der Waals surface area contributed by atoms with E-state index in [1.54, 1.807) is 12.1 Å². The van der Waals surface area contributed by atoms with Crippen molar-refractivity contribution in [2.24, 2.45) is 0 Å². The largest absolute Gasteiger partial charge is 0.341 e. The molecule has 0 amide bonds. The van der Waals surface area contributed by atoms with Gasteiger partial charge in [-0.1, -0.05) is 6.07 Å². The molecule has 0 saturated heterocycles. The first-order valence-corrected chi connectivity index (χ1v) is 4.44. The number of halogens is 2. The van der Waals surface area contributed by atoms with Gasteiger partial charge in [-0.3, -0.25) is 10.1 Å². The van der Waals surface area contributed by atoms with Crippen LogP contribution in [-0.4, -0.2) is 14.9 Å². The second kappa shape index (κ2) is 4.46. The second-order valence-corrected chi connectivity index (χ2v) is 3.01. The number of H-pyrrole nitrogens is 1. The van der Waals surface area contributed by atoms with Gasteiger partial charge in [0.25, 0.3) is 5.69 Å². The Balaban J connectivity index is 0.00000112. The number of nitro groups is 1. The minimum Gasteiger partial charge on any atom is -0.341 e. The summed E-state index contributed by atoms with van der Waals surface area (Å²) in [5.41, 5.74) is 0.984. The zero-order valence-corrected chi connectivity index (χ0v) is 9.01. The Labute approximate surface area is 96.0 Å². The van der Waals surface area contributed by atoms with Crippen LogP contribution in [0.15, 0.2) is 18.2 Å². The summed E-state index contributed by atoms with van der Waals surface area (Å²) < 4.78 is 0. The number of nitro benzene ring substituents is 1. The van der Waals surface area contributed by atoms with Gasteiger partial charge >= 0.3 is 0 Å². The molecule has 0 aliphatic heterocycles. The van der Waals surface area contributed by atoms with Gasteiger partial charge in [-0.25, -0.2) is 4.98 Å². The molecule has 7 heteroatoms. The lowest BCUT2D eigenvalue weighted by atomic mass is 10.3. The molecule has 1 N–H and O–H groups in total. The number of nitrogens with zero attached hydrogens (tertiary/aromatic N) is 2. The van der Waals surface area contributed by atoms with E-state index < -0.39 is 4.92 Å². The first kappa shape index (κ1) is 11.7. The number of hydrogen-bond donors (Lipinski definition) is 1. The highest BCUT2D eigenvalue weighted by atomic mass is 35.5. The second-order valence-electron chi connectivity index (χ2n) is 2.75. The van der Waals surface area contributed by atoms with Gasteiger partial charge < -0.3 is 4.98 Å². The fourth-order valence-corrected chi connectivity index (χ4v) is 1.41. The predicted octanol–water partition coefficient (Wildman–Crippen LogP) is 2.63. The van der Waals surface area contributed by atoms with Gasteiger partial charge in [0, 0.05) is 6.07 Å². The summed E-state index contributed by atoms with van der Waals surface area (Å²) in [5.74, 6) is 0.752. The molecule has 1 aromatic carbocycles. The molecule has 5 nitrogen and oxygen atoms in total. The summed E-state index contributed by atoms with van der Waals surface area (Å²) in [6, 6.07) is 4.75. The van der Waals surface area contributed by atoms with Crippen LogP contribution >= 0.6 is 24.0 Å². The molecule has 0 aliphatic rings. The maximum absolute atomic E-state index is 10.6. The lowest BCUT2D eigenvalue weighted by Gasteiger charge is -1.90. The van der Waals surface area contributed by atoms with Crippen LogP contribution in [0.1, 0.15) is 5.82 Å². The number of hydrogen-bond acceptors (Lipinski definition) is 3. The number of nitrogens with one attached hydrogen (secondary N) is 1. The first-order valence-electron chi connectivity index (χ1n) is 3.90. The molecule has 2 aromatic rings. The van der Waals surface area contributed by atoms with Gasteiger partial charge in [-0.15, -0.1) is 24.0 Å². The van der Waals surface area contributed by atoms with Crippen molar-refractivity contribution in [3.8, 4) is 0 Å². The van der Waals surface area contributed by atoms with Crippen molar-refractivity contribution in [1.29, 1.82) is 0 Å². The van der Waals surface area contributed by atoms with Gasteiger partial charge in [-0.05, 0) is 6.07 Å². The highest BCUT2D eigenvalue weighted by Crippen LogP contribution is 2.23. The van der Waals surface area contributed by atoms with Crippen LogP contribution < -0.4 is 0 Å². The molecule has 0 atom stereocenters. The molecule has 15 heavy (non-hydrogen) atoms. The van der Waals surface area contributed by atoms with Crippen LogP contribution in [0.3, 0.4) is 0 Å². The van der Waals surface area contributed by atoms with Crippen molar-refractivity contribution in [1.82, 2.24) is 9.97 Å². The summed E-state index contributed by atoms with van der Waals surface area (Å²) in [6.45, 7) is 0. The van der Waals surface area contributed by atoms with Gasteiger partial charge in [0.2, 0.25) is 0 Å². The van der Waals surface area contributed by atoms with E-state index >= 15 is 0 Å². The van der Waals surface area contributed by atoms with E-state index in [1.807, 2.05) is 0 Å². The maximum atomic E-state index is 10.6. The van der Waals surface area contributed by atoms with Crippen molar-refractivity contribution in [3.05, 3.63) is 34.1 Å². The van der Waals surface area contributed by atoms with Crippen molar-refractivity contribution >= 4 is 40.7 Å². The van der Waals surface area contributed by atoms with E-state index in [0.717, 1.165) is 0 Å². The number of aromatic nitrogens is 2. The topological polar surface area (TPSA) is 71.8 Å². The fourth-order valence-electron chi connectivity index (χ4n) is 1.28. The van der Waals surface area contributed by atoms with Crippen LogP contribution in [0.25, 0.3) is 11.0 Å². The molecular formula is C8H7Cl2N3O2. The van der Waals surface area contributed by atoms with Crippen LogP contribution in [0.5, 0.6) is 0 Å². The number of non-ortho nitro benzene ring substituents is 1. The maximum Gasteiger partial charge on any atom is 0.297 e. The van der Waals surface area contributed by atoms with Gasteiger partial charge in [0.15, 0.2) is 5.52 Å². The Morgan fingerprint density at radius 3 is 2.87 bits per heavy atom. The van der Waals surface area contributed by atoms with Gasteiger partial charge in [-0.2, -0.15) is 0 Å². The predicted molar refractivity (Wildman–Crippen MR) is 59.6 cm³/mol. The monoisotopic (exact) mass is 247 g/mol. The Kier molecular flexibility index (Phi) is 3.49. The molecular weight excluding hydrogens is 241 g/mol. The van der Waals surface area contributed by atoms with Gasteiger partial charge in [0.1, 0.15) is 5.82 Å². The molecule has 0 spiro atoms. The zero-order chi connectivity index (χ0) is 10.1. The Morgan fingerprint density at radius 2 is 2.27 bits per heavy atom. The highest BCUT2D eigenvalue weighted by Gasteiger charge is 2.14. The minimum absolute atomic E-state index is 0. The van der Waals surface area contributed by atoms with E-state index in [0.29, 0.717) is 16.9 Å². The van der Waals surface area contributed by atoms with Crippen LogP contribution in [-0.2, 0) is 5.88 Å². The minimum atomic E-state index is -0.457. The lowest BCUT2D eigenvalue weighted by molar-refractivity contribution is -0.383. The summed E-state index contributed by atoms with van der Waals surface area (Å²) in [7, 11) is 0. The lowest BCUT2D eigenvalue weighted by Crippen LogP contribution is -1.88. The molecule has 0 fully saturated rings. The van der Waals surface area contributed by atoms with Crippen LogP contribution in [0.4, 0.5) is 5.69 Å². The van der Waals surface area contributed by atoms with Crippen molar-refractivity contribution in [2.45, 2.75) is 5.88 Å². The number of rotatable bonds is 2. The van der Waals surface area contributed by atoms with E-state index in [4.69, 9.17) is 11.6 Å². The van der Waals surface area contributed by atoms with Gasteiger partial charge in [0.05, 0.1) is 16.3 Å². The number of para-hydroxylation sites is 1. The highest BCUT2D eigenvalue weighted by molar-refractivity contribution is 6.16. The number of aromatic amines is 1. The summed E-state index contributed by atoms with van der Waals surface area (Å²) in [6.07, 6.45) is 0. The van der Waals surface area contributed by atoms with Crippen LogP contribution in [0.2, 0.25) is 0 Å². The summed E-state index contributed by atoms with van der Waals surface area (Å²) >= 11 is 5.57.